The van der Waals surface area contributed by atoms with E-state index in [1.807, 2.05) is 12.1 Å². The van der Waals surface area contributed by atoms with E-state index in [4.69, 9.17) is 18.6 Å². The molecule has 2 rings (SSSR count). The van der Waals surface area contributed by atoms with Crippen LogP contribution in [0.25, 0.3) is 11.0 Å². The maximum absolute atomic E-state index is 12.8. The predicted molar refractivity (Wildman–Crippen MR) is 150 cm³/mol. The molecule has 0 bridgehead atoms. The van der Waals surface area contributed by atoms with Crippen molar-refractivity contribution in [3.63, 3.8) is 0 Å². The summed E-state index contributed by atoms with van der Waals surface area (Å²) < 4.78 is 22.7. The van der Waals surface area contributed by atoms with Crippen LogP contribution in [0.3, 0.4) is 0 Å². The number of benzene rings is 1. The minimum atomic E-state index is -0.766. The number of rotatable bonds is 17. The molecular weight excluding hydrogens is 468 g/mol. The average Bonchev–Trinajstić information content (AvgIpc) is 2.84. The Labute approximate surface area is 221 Å². The lowest BCUT2D eigenvalue weighted by atomic mass is 10.1. The van der Waals surface area contributed by atoms with Crippen LogP contribution in [0, 0.1) is 0 Å². The van der Waals surface area contributed by atoms with Crippen molar-refractivity contribution in [2.24, 2.45) is 0 Å². The quantitative estimate of drug-likeness (QED) is 0.0918. The van der Waals surface area contributed by atoms with Crippen LogP contribution in [0.2, 0.25) is 0 Å². The SMILES string of the molecule is CCCCCCCCCCOc1c(OC(C)=O)c(=O)oc2c(OCC=C(C)CCC=C(C)C)cccc12. The molecule has 0 aliphatic carbocycles. The normalized spacial score (nSPS) is 11.4. The van der Waals surface area contributed by atoms with Crippen molar-refractivity contribution in [2.75, 3.05) is 13.2 Å². The largest absolute Gasteiger partial charge is 0.489 e. The molecule has 0 saturated heterocycles. The summed E-state index contributed by atoms with van der Waals surface area (Å²) in [5.74, 6) is -0.158. The molecular formula is C31H44O6. The van der Waals surface area contributed by atoms with E-state index < -0.39 is 11.6 Å². The lowest BCUT2D eigenvalue weighted by molar-refractivity contribution is -0.132. The van der Waals surface area contributed by atoms with Crippen LogP contribution in [0.1, 0.15) is 98.8 Å². The van der Waals surface area contributed by atoms with Gasteiger partial charge in [0.25, 0.3) is 5.75 Å². The highest BCUT2D eigenvalue weighted by atomic mass is 16.6. The third-order valence-corrected chi connectivity index (χ3v) is 6.06. The Hall–Kier alpha value is -3.02. The summed E-state index contributed by atoms with van der Waals surface area (Å²) in [7, 11) is 0. The summed E-state index contributed by atoms with van der Waals surface area (Å²) in [4.78, 5) is 24.4. The van der Waals surface area contributed by atoms with Crippen molar-refractivity contribution in [1.29, 1.82) is 0 Å². The number of hydrogen-bond donors (Lipinski definition) is 0. The first-order chi connectivity index (χ1) is 17.8. The second kappa shape index (κ2) is 16.7. The topological polar surface area (TPSA) is 75.0 Å². The molecule has 0 spiro atoms. The third kappa shape index (κ3) is 10.9. The van der Waals surface area contributed by atoms with Crippen LogP contribution >= 0.6 is 0 Å². The van der Waals surface area contributed by atoms with Gasteiger partial charge in [-0.05, 0) is 58.2 Å². The molecule has 6 nitrogen and oxygen atoms in total. The van der Waals surface area contributed by atoms with Crippen molar-refractivity contribution in [3.8, 4) is 17.2 Å². The van der Waals surface area contributed by atoms with Crippen LogP contribution in [0.4, 0.5) is 0 Å². The van der Waals surface area contributed by atoms with Gasteiger partial charge in [-0.25, -0.2) is 4.79 Å². The second-order valence-corrected chi connectivity index (χ2v) is 9.78. The molecule has 0 fully saturated rings. The van der Waals surface area contributed by atoms with E-state index in [1.165, 1.54) is 50.2 Å². The van der Waals surface area contributed by atoms with E-state index in [0.717, 1.165) is 32.1 Å². The molecule has 0 amide bonds. The highest BCUT2D eigenvalue weighted by Gasteiger charge is 2.21. The summed E-state index contributed by atoms with van der Waals surface area (Å²) in [6, 6.07) is 5.34. The van der Waals surface area contributed by atoms with Crippen molar-refractivity contribution < 1.29 is 23.4 Å². The third-order valence-electron chi connectivity index (χ3n) is 6.06. The van der Waals surface area contributed by atoms with Gasteiger partial charge in [0.2, 0.25) is 0 Å². The Bertz CT molecular complexity index is 1100. The Balaban J connectivity index is 2.13. The molecule has 0 radical (unpaired) electrons. The fourth-order valence-corrected chi connectivity index (χ4v) is 4.02. The summed E-state index contributed by atoms with van der Waals surface area (Å²) in [6.45, 7) is 10.5. The van der Waals surface area contributed by atoms with Gasteiger partial charge in [-0.3, -0.25) is 4.79 Å². The highest BCUT2D eigenvalue weighted by Crippen LogP contribution is 2.37. The molecule has 1 aromatic heterocycles. The Kier molecular flexibility index (Phi) is 13.6. The zero-order chi connectivity index (χ0) is 27.0. The number of unbranched alkanes of at least 4 members (excludes halogenated alkanes) is 7. The molecule has 0 unspecified atom stereocenters. The minimum Gasteiger partial charge on any atom is -0.489 e. The molecule has 6 heteroatoms. The van der Waals surface area contributed by atoms with Crippen LogP contribution in [0.15, 0.2) is 50.7 Å². The molecule has 0 aliphatic rings. The fraction of sp³-hybridized carbons (Fsp3) is 0.548. The number of hydrogen-bond acceptors (Lipinski definition) is 6. The van der Waals surface area contributed by atoms with Gasteiger partial charge < -0.3 is 18.6 Å². The van der Waals surface area contributed by atoms with Gasteiger partial charge in [0.15, 0.2) is 17.1 Å². The maximum atomic E-state index is 12.8. The zero-order valence-electron chi connectivity index (χ0n) is 23.3. The van der Waals surface area contributed by atoms with Gasteiger partial charge in [0.1, 0.15) is 6.61 Å². The molecule has 1 aromatic carbocycles. The van der Waals surface area contributed by atoms with Gasteiger partial charge in [0.05, 0.1) is 12.0 Å². The molecule has 1 heterocycles. The molecule has 2 aromatic rings. The molecule has 0 atom stereocenters. The molecule has 37 heavy (non-hydrogen) atoms. The van der Waals surface area contributed by atoms with Crippen LogP contribution in [0.5, 0.6) is 17.2 Å². The smallest absolute Gasteiger partial charge is 0.383 e. The van der Waals surface area contributed by atoms with Crippen LogP contribution < -0.4 is 19.8 Å². The van der Waals surface area contributed by atoms with Gasteiger partial charge in [-0.1, -0.05) is 75.2 Å². The fourth-order valence-electron chi connectivity index (χ4n) is 4.02. The number of allylic oxidation sites excluding steroid dienone is 3. The maximum Gasteiger partial charge on any atom is 0.383 e. The number of fused-ring (bicyclic) bond motifs is 1. The average molecular weight is 513 g/mol. The zero-order valence-corrected chi connectivity index (χ0v) is 23.3. The van der Waals surface area contributed by atoms with Crippen molar-refractivity contribution in [2.45, 2.75) is 98.8 Å². The Morgan fingerprint density at radius 3 is 2.27 bits per heavy atom. The first-order valence-electron chi connectivity index (χ1n) is 13.7. The molecule has 204 valence electrons. The number of esters is 1. The van der Waals surface area contributed by atoms with Crippen molar-refractivity contribution in [1.82, 2.24) is 0 Å². The van der Waals surface area contributed by atoms with Crippen molar-refractivity contribution >= 4 is 16.9 Å². The lowest BCUT2D eigenvalue weighted by Crippen LogP contribution is -2.14. The van der Waals surface area contributed by atoms with Gasteiger partial charge in [-0.15, -0.1) is 0 Å². The first kappa shape index (κ1) is 30.2. The highest BCUT2D eigenvalue weighted by molar-refractivity contribution is 5.90. The Morgan fingerprint density at radius 1 is 0.892 bits per heavy atom. The predicted octanol–water partition coefficient (Wildman–Crippen LogP) is 8.31. The van der Waals surface area contributed by atoms with E-state index in [-0.39, 0.29) is 17.1 Å². The number of carbonyl (C=O) groups is 1. The number of carbonyl (C=O) groups excluding carboxylic acids is 1. The van der Waals surface area contributed by atoms with E-state index in [0.29, 0.717) is 24.3 Å². The summed E-state index contributed by atoms with van der Waals surface area (Å²) >= 11 is 0. The van der Waals surface area contributed by atoms with Gasteiger partial charge in [-0.2, -0.15) is 0 Å². The summed E-state index contributed by atoms with van der Waals surface area (Å²) in [5.41, 5.74) is 2.05. The minimum absolute atomic E-state index is 0.216. The lowest BCUT2D eigenvalue weighted by Gasteiger charge is -2.14. The van der Waals surface area contributed by atoms with E-state index in [1.54, 1.807) is 12.1 Å². The van der Waals surface area contributed by atoms with Crippen LogP contribution in [-0.2, 0) is 4.79 Å². The first-order valence-corrected chi connectivity index (χ1v) is 13.7. The van der Waals surface area contributed by atoms with E-state index in [9.17, 15) is 9.59 Å². The number of ether oxygens (including phenoxy) is 3. The summed E-state index contributed by atoms with van der Waals surface area (Å²) in [6.07, 6.45) is 15.6. The molecule has 0 N–H and O–H groups in total. The van der Waals surface area contributed by atoms with E-state index >= 15 is 0 Å². The van der Waals surface area contributed by atoms with E-state index in [2.05, 4.69) is 33.8 Å². The van der Waals surface area contributed by atoms with Gasteiger partial charge in [0, 0.05) is 6.92 Å². The Morgan fingerprint density at radius 2 is 1.59 bits per heavy atom. The van der Waals surface area contributed by atoms with Crippen LogP contribution in [-0.4, -0.2) is 19.2 Å². The standard InChI is InChI=1S/C31H44O6/c1-6-7-8-9-10-11-12-13-21-35-29-26-18-15-19-27(28(26)37-31(33)30(29)36-25(5)32)34-22-20-24(4)17-14-16-23(2)3/h15-16,18-20H,6-14,17,21-22H2,1-5H3. The second-order valence-electron chi connectivity index (χ2n) is 9.78. The number of para-hydroxylation sites is 1. The molecule has 0 saturated carbocycles. The summed E-state index contributed by atoms with van der Waals surface area (Å²) in [5, 5.41) is 0.539. The monoisotopic (exact) mass is 512 g/mol. The molecule has 0 aliphatic heterocycles. The van der Waals surface area contributed by atoms with Gasteiger partial charge >= 0.3 is 11.6 Å². The van der Waals surface area contributed by atoms with Crippen molar-refractivity contribution in [3.05, 3.63) is 51.9 Å².